The number of hydrogen-bond donors (Lipinski definition) is 0. The molecule has 1 aromatic heterocycles. The Morgan fingerprint density at radius 2 is 2.45 bits per heavy atom. The molecule has 4 heteroatoms. The minimum atomic E-state index is 0.180. The first-order chi connectivity index (χ1) is 9.82. The van der Waals surface area contributed by atoms with Crippen LogP contribution >= 0.6 is 0 Å². The van der Waals surface area contributed by atoms with Gasteiger partial charge in [0.25, 0.3) is 0 Å². The molecule has 20 heavy (non-hydrogen) atoms. The van der Waals surface area contributed by atoms with Crippen LogP contribution in [0.1, 0.15) is 31.9 Å². The van der Waals surface area contributed by atoms with Gasteiger partial charge in [-0.15, -0.1) is 0 Å². The van der Waals surface area contributed by atoms with Gasteiger partial charge >= 0.3 is 0 Å². The fourth-order valence-electron chi connectivity index (χ4n) is 3.66. The maximum Gasteiger partial charge on any atom is 0.117 e. The summed E-state index contributed by atoms with van der Waals surface area (Å²) in [5.41, 5.74) is 0.180. The van der Waals surface area contributed by atoms with Crippen molar-refractivity contribution in [3.05, 3.63) is 24.2 Å². The van der Waals surface area contributed by atoms with E-state index in [0.29, 0.717) is 6.10 Å². The lowest BCUT2D eigenvalue weighted by atomic mass is 9.73. The molecular weight excluding hydrogens is 254 g/mol. The van der Waals surface area contributed by atoms with Crippen LogP contribution in [0.25, 0.3) is 0 Å². The zero-order chi connectivity index (χ0) is 13.8. The van der Waals surface area contributed by atoms with E-state index in [1.165, 1.54) is 6.42 Å². The van der Waals surface area contributed by atoms with Gasteiger partial charge in [-0.25, -0.2) is 0 Å². The second kappa shape index (κ2) is 6.29. The number of rotatable bonds is 5. The fourth-order valence-corrected chi connectivity index (χ4v) is 3.66. The standard InChI is InChI=1S/C16H25NO3/c1-2-18-13-16-7-4-10-20-15(16)6-8-17(12-16)11-14-5-3-9-19-14/h3,5,9,15H,2,4,6-8,10-13H2,1H3/t15-,16+/m1/s1. The van der Waals surface area contributed by atoms with E-state index >= 15 is 0 Å². The topological polar surface area (TPSA) is 34.8 Å². The maximum absolute atomic E-state index is 6.04. The largest absolute Gasteiger partial charge is 0.468 e. The molecule has 0 spiro atoms. The smallest absolute Gasteiger partial charge is 0.117 e. The van der Waals surface area contributed by atoms with Gasteiger partial charge in [0.05, 0.1) is 25.5 Å². The van der Waals surface area contributed by atoms with Crippen LogP contribution in [0.3, 0.4) is 0 Å². The van der Waals surface area contributed by atoms with Crippen molar-refractivity contribution in [3.8, 4) is 0 Å². The van der Waals surface area contributed by atoms with Crippen molar-refractivity contribution >= 4 is 0 Å². The molecule has 2 aliphatic rings. The summed E-state index contributed by atoms with van der Waals surface area (Å²) in [4.78, 5) is 2.49. The molecule has 0 radical (unpaired) electrons. The quantitative estimate of drug-likeness (QED) is 0.830. The van der Waals surface area contributed by atoms with Gasteiger partial charge in [0, 0.05) is 31.7 Å². The van der Waals surface area contributed by atoms with Crippen LogP contribution in [0.5, 0.6) is 0 Å². The maximum atomic E-state index is 6.04. The number of fused-ring (bicyclic) bond motifs is 1. The van der Waals surface area contributed by atoms with Crippen LogP contribution in [0.4, 0.5) is 0 Å². The van der Waals surface area contributed by atoms with Crippen molar-refractivity contribution in [3.63, 3.8) is 0 Å². The van der Waals surface area contributed by atoms with Crippen LogP contribution in [0.2, 0.25) is 0 Å². The van der Waals surface area contributed by atoms with Crippen LogP contribution in [-0.2, 0) is 16.0 Å². The molecule has 0 aromatic carbocycles. The number of hydrogen-bond acceptors (Lipinski definition) is 4. The summed E-state index contributed by atoms with van der Waals surface area (Å²) in [6.07, 6.45) is 5.59. The molecule has 0 aliphatic carbocycles. The summed E-state index contributed by atoms with van der Waals surface area (Å²) in [5, 5.41) is 0. The lowest BCUT2D eigenvalue weighted by molar-refractivity contribution is -0.153. The Hall–Kier alpha value is -0.840. The minimum absolute atomic E-state index is 0.180. The Morgan fingerprint density at radius 1 is 1.50 bits per heavy atom. The Morgan fingerprint density at radius 3 is 3.25 bits per heavy atom. The van der Waals surface area contributed by atoms with Crippen LogP contribution in [-0.4, -0.2) is 43.9 Å². The fraction of sp³-hybridized carbons (Fsp3) is 0.750. The van der Waals surface area contributed by atoms with E-state index in [4.69, 9.17) is 13.9 Å². The Labute approximate surface area is 121 Å². The normalized spacial score (nSPS) is 31.1. The van der Waals surface area contributed by atoms with E-state index in [-0.39, 0.29) is 5.41 Å². The Bertz CT molecular complexity index is 406. The molecule has 0 saturated carbocycles. The Kier molecular flexibility index (Phi) is 4.44. The predicted octanol–water partition coefficient (Wildman–Crippen LogP) is 2.69. The second-order valence-corrected chi connectivity index (χ2v) is 6.04. The molecule has 2 fully saturated rings. The second-order valence-electron chi connectivity index (χ2n) is 6.04. The predicted molar refractivity (Wildman–Crippen MR) is 76.5 cm³/mol. The monoisotopic (exact) mass is 279 g/mol. The lowest BCUT2D eigenvalue weighted by Gasteiger charge is -2.50. The van der Waals surface area contributed by atoms with Crippen LogP contribution in [0.15, 0.2) is 22.8 Å². The third-order valence-electron chi connectivity index (χ3n) is 4.62. The molecule has 3 rings (SSSR count). The van der Waals surface area contributed by atoms with Gasteiger partial charge in [0.1, 0.15) is 5.76 Å². The van der Waals surface area contributed by atoms with Crippen molar-refractivity contribution < 1.29 is 13.9 Å². The van der Waals surface area contributed by atoms with E-state index < -0.39 is 0 Å². The van der Waals surface area contributed by atoms with Gasteiger partial charge in [-0.05, 0) is 38.3 Å². The first-order valence-electron chi connectivity index (χ1n) is 7.76. The van der Waals surface area contributed by atoms with E-state index in [9.17, 15) is 0 Å². The highest BCUT2D eigenvalue weighted by Crippen LogP contribution is 2.40. The van der Waals surface area contributed by atoms with E-state index in [0.717, 1.165) is 58.1 Å². The minimum Gasteiger partial charge on any atom is -0.468 e. The van der Waals surface area contributed by atoms with Gasteiger partial charge in [0.15, 0.2) is 0 Å². The summed E-state index contributed by atoms with van der Waals surface area (Å²) in [5.74, 6) is 1.05. The van der Waals surface area contributed by atoms with E-state index in [1.54, 1.807) is 6.26 Å². The Balaban J connectivity index is 1.68. The van der Waals surface area contributed by atoms with Crippen molar-refractivity contribution in [2.24, 2.45) is 5.41 Å². The van der Waals surface area contributed by atoms with E-state index in [2.05, 4.69) is 17.9 Å². The molecule has 112 valence electrons. The summed E-state index contributed by atoms with van der Waals surface area (Å²) in [7, 11) is 0. The number of nitrogens with zero attached hydrogens (tertiary/aromatic N) is 1. The van der Waals surface area contributed by atoms with Gasteiger partial charge in [-0.1, -0.05) is 0 Å². The number of likely N-dealkylation sites (tertiary alicyclic amines) is 1. The molecule has 0 unspecified atom stereocenters. The van der Waals surface area contributed by atoms with Crippen LogP contribution in [0, 0.1) is 5.41 Å². The summed E-state index contributed by atoms with van der Waals surface area (Å²) in [6, 6.07) is 4.01. The molecule has 0 N–H and O–H groups in total. The molecule has 3 heterocycles. The first-order valence-corrected chi connectivity index (χ1v) is 7.76. The van der Waals surface area contributed by atoms with Crippen molar-refractivity contribution in [2.45, 2.75) is 38.8 Å². The van der Waals surface area contributed by atoms with Crippen molar-refractivity contribution in [1.29, 1.82) is 0 Å². The molecule has 2 saturated heterocycles. The molecule has 4 nitrogen and oxygen atoms in total. The average Bonchev–Trinajstić information content (AvgIpc) is 2.98. The van der Waals surface area contributed by atoms with Crippen molar-refractivity contribution in [1.82, 2.24) is 4.90 Å². The zero-order valence-electron chi connectivity index (χ0n) is 12.3. The molecule has 0 bridgehead atoms. The SMILES string of the molecule is CCOC[C@@]12CCCO[C@@H]1CCN(Cc1ccco1)C2. The molecule has 1 aromatic rings. The highest BCUT2D eigenvalue weighted by atomic mass is 16.5. The van der Waals surface area contributed by atoms with Gasteiger partial charge in [-0.3, -0.25) is 4.90 Å². The molecule has 2 atom stereocenters. The van der Waals surface area contributed by atoms with Gasteiger partial charge < -0.3 is 13.9 Å². The third-order valence-corrected chi connectivity index (χ3v) is 4.62. The van der Waals surface area contributed by atoms with Gasteiger partial charge in [-0.2, -0.15) is 0 Å². The molecule has 0 amide bonds. The molecular formula is C16H25NO3. The third kappa shape index (κ3) is 2.92. The van der Waals surface area contributed by atoms with Crippen molar-refractivity contribution in [2.75, 3.05) is 32.9 Å². The highest BCUT2D eigenvalue weighted by Gasteiger charge is 2.46. The summed E-state index contributed by atoms with van der Waals surface area (Å²) >= 11 is 0. The highest BCUT2D eigenvalue weighted by molar-refractivity contribution is 5.01. The molecule has 2 aliphatic heterocycles. The number of piperidine rings is 1. The lowest BCUT2D eigenvalue weighted by Crippen LogP contribution is -2.56. The number of furan rings is 1. The first kappa shape index (κ1) is 14.1. The summed E-state index contributed by atoms with van der Waals surface area (Å²) < 4.78 is 17.3. The van der Waals surface area contributed by atoms with Crippen LogP contribution < -0.4 is 0 Å². The van der Waals surface area contributed by atoms with E-state index in [1.807, 2.05) is 6.07 Å². The number of ether oxygens (including phenoxy) is 2. The average molecular weight is 279 g/mol. The summed E-state index contributed by atoms with van der Waals surface area (Å²) in [6.45, 7) is 7.62. The zero-order valence-corrected chi connectivity index (χ0v) is 12.3. The van der Waals surface area contributed by atoms with Gasteiger partial charge in [0.2, 0.25) is 0 Å².